The number of carbonyl (C=O) groups excluding carboxylic acids is 3. The zero-order valence-corrected chi connectivity index (χ0v) is 12.0. The second kappa shape index (κ2) is 6.00. The van der Waals surface area contributed by atoms with E-state index in [2.05, 4.69) is 27.4 Å². The van der Waals surface area contributed by atoms with Crippen LogP contribution in [0.1, 0.15) is 18.4 Å². The van der Waals surface area contributed by atoms with Crippen molar-refractivity contribution in [1.82, 2.24) is 5.06 Å². The van der Waals surface area contributed by atoms with Gasteiger partial charge < -0.3 is 4.74 Å². The molecule has 0 N–H and O–H groups in total. The summed E-state index contributed by atoms with van der Waals surface area (Å²) in [6.45, 7) is 0.0198. The Morgan fingerprint density at radius 3 is 2.32 bits per heavy atom. The first kappa shape index (κ1) is 13.8. The van der Waals surface area contributed by atoms with E-state index in [0.29, 0.717) is 5.06 Å². The van der Waals surface area contributed by atoms with Crippen molar-refractivity contribution in [2.75, 3.05) is 0 Å². The molecule has 1 aromatic carbocycles. The van der Waals surface area contributed by atoms with Crippen molar-refractivity contribution in [3.05, 3.63) is 33.4 Å². The van der Waals surface area contributed by atoms with Crippen LogP contribution >= 0.6 is 22.6 Å². The lowest BCUT2D eigenvalue weighted by molar-refractivity contribution is -0.177. The van der Waals surface area contributed by atoms with Gasteiger partial charge in [-0.2, -0.15) is 0 Å². The van der Waals surface area contributed by atoms with Crippen LogP contribution in [-0.4, -0.2) is 23.0 Å². The van der Waals surface area contributed by atoms with E-state index in [1.54, 1.807) is 12.1 Å². The molecule has 19 heavy (non-hydrogen) atoms. The van der Waals surface area contributed by atoms with Crippen molar-refractivity contribution in [1.29, 1.82) is 0 Å². The van der Waals surface area contributed by atoms with Gasteiger partial charge in [0.1, 0.15) is 6.61 Å². The van der Waals surface area contributed by atoms with Gasteiger partial charge in [0.15, 0.2) is 0 Å². The van der Waals surface area contributed by atoms with Gasteiger partial charge in [-0.05, 0) is 40.3 Å². The topological polar surface area (TPSA) is 72.9 Å². The molecule has 0 saturated carbocycles. The molecule has 7 heteroatoms. The highest BCUT2D eigenvalue weighted by Gasteiger charge is 2.33. The summed E-state index contributed by atoms with van der Waals surface area (Å²) in [6, 6.07) is 7.36. The van der Waals surface area contributed by atoms with Crippen LogP contribution in [0.5, 0.6) is 0 Å². The molecule has 1 aliphatic rings. The average Bonchev–Trinajstić information content (AvgIpc) is 2.70. The van der Waals surface area contributed by atoms with Gasteiger partial charge in [-0.1, -0.05) is 17.2 Å². The van der Waals surface area contributed by atoms with E-state index in [0.717, 1.165) is 9.13 Å². The molecule has 1 aromatic rings. The van der Waals surface area contributed by atoms with Crippen LogP contribution in [0.3, 0.4) is 0 Å². The fraction of sp³-hybridized carbons (Fsp3) is 0.250. The third kappa shape index (κ3) is 3.66. The summed E-state index contributed by atoms with van der Waals surface area (Å²) in [5.74, 6) is -1.06. The largest absolute Gasteiger partial charge is 0.534 e. The van der Waals surface area contributed by atoms with Crippen molar-refractivity contribution < 1.29 is 24.0 Å². The summed E-state index contributed by atoms with van der Waals surface area (Å²) in [7, 11) is 0. The monoisotopic (exact) mass is 375 g/mol. The summed E-state index contributed by atoms with van der Waals surface area (Å²) < 4.78 is 5.88. The molecule has 0 unspecified atom stereocenters. The van der Waals surface area contributed by atoms with Crippen LogP contribution in [0.25, 0.3) is 0 Å². The first-order valence-corrected chi connectivity index (χ1v) is 6.59. The quantitative estimate of drug-likeness (QED) is 0.459. The Bertz CT molecular complexity index is 497. The van der Waals surface area contributed by atoms with E-state index >= 15 is 0 Å². The molecular formula is C12H10INO5. The average molecular weight is 375 g/mol. The lowest BCUT2D eigenvalue weighted by Crippen LogP contribution is -2.32. The number of hydroxylamine groups is 2. The zero-order chi connectivity index (χ0) is 13.8. The van der Waals surface area contributed by atoms with Crippen molar-refractivity contribution in [2.45, 2.75) is 19.4 Å². The molecular weight excluding hydrogens is 365 g/mol. The summed E-state index contributed by atoms with van der Waals surface area (Å²) in [5.41, 5.74) is 0.788. The highest BCUT2D eigenvalue weighted by molar-refractivity contribution is 14.1. The Balaban J connectivity index is 1.83. The first-order chi connectivity index (χ1) is 9.06. The van der Waals surface area contributed by atoms with E-state index in [4.69, 9.17) is 4.74 Å². The molecule has 100 valence electrons. The first-order valence-electron chi connectivity index (χ1n) is 5.51. The lowest BCUT2D eigenvalue weighted by Gasteiger charge is -2.12. The smallest absolute Gasteiger partial charge is 0.428 e. The van der Waals surface area contributed by atoms with Crippen molar-refractivity contribution >= 4 is 40.6 Å². The number of amides is 2. The van der Waals surface area contributed by atoms with E-state index in [-0.39, 0.29) is 19.4 Å². The van der Waals surface area contributed by atoms with Gasteiger partial charge in [0.05, 0.1) is 0 Å². The maximum Gasteiger partial charge on any atom is 0.534 e. The van der Waals surface area contributed by atoms with Crippen LogP contribution < -0.4 is 0 Å². The van der Waals surface area contributed by atoms with Gasteiger partial charge in [0, 0.05) is 16.4 Å². The maximum atomic E-state index is 11.3. The van der Waals surface area contributed by atoms with E-state index in [1.807, 2.05) is 12.1 Å². The Labute approximate surface area is 122 Å². The summed E-state index contributed by atoms with van der Waals surface area (Å²) in [5, 5.41) is 0.455. The van der Waals surface area contributed by atoms with Crippen LogP contribution in [0, 0.1) is 3.57 Å². The summed E-state index contributed by atoms with van der Waals surface area (Å²) in [4.78, 5) is 38.3. The fourth-order valence-corrected chi connectivity index (χ4v) is 1.84. The molecule has 0 bridgehead atoms. The minimum Gasteiger partial charge on any atom is -0.428 e. The molecule has 0 spiro atoms. The Hall–Kier alpha value is -1.64. The Morgan fingerprint density at radius 2 is 1.74 bits per heavy atom. The Morgan fingerprint density at radius 1 is 1.16 bits per heavy atom. The number of rotatable bonds is 3. The maximum absolute atomic E-state index is 11.3. The van der Waals surface area contributed by atoms with Crippen molar-refractivity contribution in [2.24, 2.45) is 0 Å². The molecule has 1 saturated heterocycles. The normalized spacial score (nSPS) is 14.7. The van der Waals surface area contributed by atoms with E-state index < -0.39 is 18.0 Å². The van der Waals surface area contributed by atoms with E-state index in [9.17, 15) is 14.4 Å². The second-order valence-corrected chi connectivity index (χ2v) is 5.08. The standard InChI is InChI=1S/C12H10INO5/c13-9-3-1-8(2-4-9)7-18-12(17)19-14-10(15)5-6-11(14)16/h1-4H,5-7H2. The van der Waals surface area contributed by atoms with E-state index in [1.165, 1.54) is 0 Å². The summed E-state index contributed by atoms with van der Waals surface area (Å²) >= 11 is 2.16. The van der Waals surface area contributed by atoms with Crippen LogP contribution in [0.4, 0.5) is 4.79 Å². The zero-order valence-electron chi connectivity index (χ0n) is 9.80. The van der Waals surface area contributed by atoms with Crippen LogP contribution in [0.2, 0.25) is 0 Å². The van der Waals surface area contributed by atoms with Gasteiger partial charge in [0.25, 0.3) is 11.8 Å². The minimum absolute atomic E-state index is 0.0198. The molecule has 1 fully saturated rings. The Kier molecular flexibility index (Phi) is 4.35. The third-order valence-electron chi connectivity index (χ3n) is 2.44. The number of halogens is 1. The molecule has 0 atom stereocenters. The van der Waals surface area contributed by atoms with Crippen LogP contribution in [0.15, 0.2) is 24.3 Å². The SMILES string of the molecule is O=C(OCc1ccc(I)cc1)ON1C(=O)CCC1=O. The van der Waals surface area contributed by atoms with Gasteiger partial charge in [-0.15, -0.1) is 0 Å². The van der Waals surface area contributed by atoms with Crippen molar-refractivity contribution in [3.8, 4) is 0 Å². The van der Waals surface area contributed by atoms with Gasteiger partial charge in [-0.3, -0.25) is 14.4 Å². The molecule has 1 aliphatic heterocycles. The predicted molar refractivity (Wildman–Crippen MR) is 71.5 cm³/mol. The molecule has 2 rings (SSSR count). The number of hydrogen-bond donors (Lipinski definition) is 0. The highest BCUT2D eigenvalue weighted by atomic mass is 127. The highest BCUT2D eigenvalue weighted by Crippen LogP contribution is 2.13. The molecule has 0 aliphatic carbocycles. The number of carbonyl (C=O) groups is 3. The molecule has 2 amide bonds. The van der Waals surface area contributed by atoms with Gasteiger partial charge in [-0.25, -0.2) is 4.79 Å². The number of ether oxygens (including phenoxy) is 1. The minimum atomic E-state index is -1.07. The van der Waals surface area contributed by atoms with Crippen LogP contribution in [-0.2, 0) is 25.8 Å². The van der Waals surface area contributed by atoms with Crippen molar-refractivity contribution in [3.63, 3.8) is 0 Å². The molecule has 0 aromatic heterocycles. The molecule has 1 heterocycles. The van der Waals surface area contributed by atoms with Gasteiger partial charge in [0.2, 0.25) is 0 Å². The second-order valence-electron chi connectivity index (χ2n) is 3.84. The number of benzene rings is 1. The number of hydrogen-bond acceptors (Lipinski definition) is 5. The molecule has 0 radical (unpaired) electrons. The lowest BCUT2D eigenvalue weighted by atomic mass is 10.2. The summed E-state index contributed by atoms with van der Waals surface area (Å²) in [6.07, 6.45) is -0.950. The van der Waals surface area contributed by atoms with Gasteiger partial charge >= 0.3 is 6.16 Å². The fourth-order valence-electron chi connectivity index (χ4n) is 1.48. The molecule has 6 nitrogen and oxygen atoms in total. The number of imide groups is 1. The predicted octanol–water partition coefficient (Wildman–Crippen LogP) is 2.01. The number of nitrogens with zero attached hydrogens (tertiary/aromatic N) is 1. The third-order valence-corrected chi connectivity index (χ3v) is 3.16.